The summed E-state index contributed by atoms with van der Waals surface area (Å²) in [6.45, 7) is 0.592. The molecule has 1 saturated heterocycles. The molecule has 6 heteroatoms. The predicted octanol–water partition coefficient (Wildman–Crippen LogP) is 2.45. The summed E-state index contributed by atoms with van der Waals surface area (Å²) in [6.07, 6.45) is 7.81. The Labute approximate surface area is 160 Å². The Morgan fingerprint density at radius 3 is 2.70 bits per heavy atom. The van der Waals surface area contributed by atoms with Crippen LogP contribution in [0.15, 0.2) is 59.5 Å². The normalized spacial score (nSPS) is 16.9. The summed E-state index contributed by atoms with van der Waals surface area (Å²) in [5.74, 6) is 2.10. The Morgan fingerprint density at radius 2 is 1.96 bits per heavy atom. The average molecular weight is 382 g/mol. The van der Waals surface area contributed by atoms with Crippen molar-refractivity contribution in [3.8, 4) is 12.3 Å². The number of carbonyl (C=O) groups excluding carboxylic acids is 1. The van der Waals surface area contributed by atoms with Crippen molar-refractivity contribution in [3.63, 3.8) is 0 Å². The van der Waals surface area contributed by atoms with Crippen LogP contribution in [-0.4, -0.2) is 38.4 Å². The molecule has 1 N–H and O–H groups in total. The van der Waals surface area contributed by atoms with Crippen LogP contribution >= 0.6 is 0 Å². The van der Waals surface area contributed by atoms with E-state index in [1.54, 1.807) is 12.1 Å². The second-order valence-electron chi connectivity index (χ2n) is 6.54. The van der Waals surface area contributed by atoms with Crippen LogP contribution in [0.1, 0.15) is 28.8 Å². The number of benzene rings is 2. The zero-order valence-corrected chi connectivity index (χ0v) is 15.8. The lowest BCUT2D eigenvalue weighted by Crippen LogP contribution is -2.37. The number of terminal acetylenes is 1. The lowest BCUT2D eigenvalue weighted by Gasteiger charge is -2.25. The van der Waals surface area contributed by atoms with Crippen molar-refractivity contribution >= 4 is 15.9 Å². The minimum Gasteiger partial charge on any atom is -0.335 e. The van der Waals surface area contributed by atoms with Crippen LogP contribution in [-0.2, 0) is 16.4 Å². The Morgan fingerprint density at radius 1 is 1.19 bits per heavy atom. The summed E-state index contributed by atoms with van der Waals surface area (Å²) in [5.41, 5.74) is 1.57. The van der Waals surface area contributed by atoms with Gasteiger partial charge in [-0.15, -0.1) is 6.42 Å². The number of likely N-dealkylation sites (tertiary alicyclic amines) is 1. The van der Waals surface area contributed by atoms with Gasteiger partial charge in [-0.1, -0.05) is 42.3 Å². The molecule has 2 aromatic rings. The molecule has 27 heavy (non-hydrogen) atoms. The molecule has 0 saturated carbocycles. The van der Waals surface area contributed by atoms with Gasteiger partial charge in [-0.2, -0.15) is 4.72 Å². The molecule has 1 fully saturated rings. The van der Waals surface area contributed by atoms with E-state index in [0.717, 1.165) is 19.3 Å². The molecule has 1 aliphatic heterocycles. The summed E-state index contributed by atoms with van der Waals surface area (Å²) in [7, 11) is -3.73. The fraction of sp³-hybridized carbons (Fsp3) is 0.286. The van der Waals surface area contributed by atoms with Gasteiger partial charge in [0.05, 0.1) is 11.4 Å². The molecule has 5 nitrogen and oxygen atoms in total. The van der Waals surface area contributed by atoms with E-state index >= 15 is 0 Å². The lowest BCUT2D eigenvalue weighted by molar-refractivity contribution is 0.0736. The molecule has 0 aliphatic carbocycles. The van der Waals surface area contributed by atoms with Gasteiger partial charge in [0.1, 0.15) is 0 Å². The number of nitrogens with one attached hydrogen (secondary N) is 1. The first-order valence-electron chi connectivity index (χ1n) is 8.89. The zero-order chi connectivity index (χ0) is 19.3. The molecule has 3 rings (SSSR count). The minimum absolute atomic E-state index is 0.0439. The summed E-state index contributed by atoms with van der Waals surface area (Å²) in [6, 6.07) is 16.3. The van der Waals surface area contributed by atoms with Gasteiger partial charge in [-0.25, -0.2) is 8.42 Å². The molecule has 140 valence electrons. The topological polar surface area (TPSA) is 66.5 Å². The summed E-state index contributed by atoms with van der Waals surface area (Å²) in [5, 5.41) is 0. The van der Waals surface area contributed by atoms with Gasteiger partial charge in [0.2, 0.25) is 10.0 Å². The second-order valence-corrected chi connectivity index (χ2v) is 8.31. The third kappa shape index (κ3) is 4.57. The second kappa shape index (κ2) is 8.38. The highest BCUT2D eigenvalue weighted by molar-refractivity contribution is 7.89. The van der Waals surface area contributed by atoms with Gasteiger partial charge < -0.3 is 4.90 Å². The Hall–Kier alpha value is -2.62. The molecular formula is C21H22N2O3S. The molecular weight excluding hydrogens is 360 g/mol. The summed E-state index contributed by atoms with van der Waals surface area (Å²) >= 11 is 0. The van der Waals surface area contributed by atoms with E-state index in [-0.39, 0.29) is 23.4 Å². The predicted molar refractivity (Wildman–Crippen MR) is 105 cm³/mol. The first kappa shape index (κ1) is 19.2. The highest BCUT2D eigenvalue weighted by Gasteiger charge is 2.30. The molecule has 1 heterocycles. The average Bonchev–Trinajstić information content (AvgIpc) is 3.15. The van der Waals surface area contributed by atoms with Gasteiger partial charge >= 0.3 is 0 Å². The highest BCUT2D eigenvalue weighted by Crippen LogP contribution is 2.24. The summed E-state index contributed by atoms with van der Waals surface area (Å²) in [4.78, 5) is 14.9. The SMILES string of the molecule is C#CCNS(=O)(=O)c1cccc(C(=O)N2CCCC2Cc2ccccc2)c1. The van der Waals surface area contributed by atoms with Crippen LogP contribution in [0, 0.1) is 12.3 Å². The number of amides is 1. The van der Waals surface area contributed by atoms with E-state index in [1.165, 1.54) is 17.7 Å². The molecule has 1 atom stereocenters. The zero-order valence-electron chi connectivity index (χ0n) is 15.0. The molecule has 0 aromatic heterocycles. The van der Waals surface area contributed by atoms with Gasteiger partial charge in [-0.05, 0) is 43.0 Å². The number of hydrogen-bond donors (Lipinski definition) is 1. The molecule has 2 aromatic carbocycles. The first-order valence-corrected chi connectivity index (χ1v) is 10.4. The third-order valence-electron chi connectivity index (χ3n) is 4.71. The minimum atomic E-state index is -3.73. The van der Waals surface area contributed by atoms with Crippen molar-refractivity contribution < 1.29 is 13.2 Å². The smallest absolute Gasteiger partial charge is 0.254 e. The van der Waals surface area contributed by atoms with E-state index < -0.39 is 10.0 Å². The van der Waals surface area contributed by atoms with Gasteiger partial charge in [-0.3, -0.25) is 4.79 Å². The lowest BCUT2D eigenvalue weighted by atomic mass is 10.0. The van der Waals surface area contributed by atoms with Crippen LogP contribution < -0.4 is 4.72 Å². The quantitative estimate of drug-likeness (QED) is 0.781. The number of hydrogen-bond acceptors (Lipinski definition) is 3. The Bertz CT molecular complexity index is 949. The number of nitrogens with zero attached hydrogens (tertiary/aromatic N) is 1. The first-order chi connectivity index (χ1) is 13.0. The van der Waals surface area contributed by atoms with Crippen LogP contribution in [0.4, 0.5) is 0 Å². The van der Waals surface area contributed by atoms with Crippen molar-refractivity contribution in [3.05, 3.63) is 65.7 Å². The summed E-state index contributed by atoms with van der Waals surface area (Å²) < 4.78 is 26.8. The maximum atomic E-state index is 13.0. The van der Waals surface area contributed by atoms with E-state index in [4.69, 9.17) is 6.42 Å². The van der Waals surface area contributed by atoms with Gasteiger partial charge in [0.25, 0.3) is 5.91 Å². The standard InChI is InChI=1S/C21H22N2O3S/c1-2-13-22-27(25,26)20-12-6-10-18(16-20)21(24)23-14-7-11-19(23)15-17-8-4-3-5-9-17/h1,3-6,8-10,12,16,19,22H,7,11,13-15H2. The van der Waals surface area contributed by atoms with Crippen molar-refractivity contribution in [1.29, 1.82) is 0 Å². The number of rotatable bonds is 6. The maximum Gasteiger partial charge on any atom is 0.254 e. The van der Waals surface area contributed by atoms with Gasteiger partial charge in [0.15, 0.2) is 0 Å². The number of carbonyl (C=O) groups is 1. The Kier molecular flexibility index (Phi) is 5.94. The van der Waals surface area contributed by atoms with Crippen molar-refractivity contribution in [1.82, 2.24) is 9.62 Å². The maximum absolute atomic E-state index is 13.0. The van der Waals surface area contributed by atoms with Crippen LogP contribution in [0.5, 0.6) is 0 Å². The monoisotopic (exact) mass is 382 g/mol. The van der Waals surface area contributed by atoms with Crippen molar-refractivity contribution in [2.24, 2.45) is 0 Å². The van der Waals surface area contributed by atoms with Gasteiger partial charge in [0, 0.05) is 18.2 Å². The number of sulfonamides is 1. The molecule has 1 amide bonds. The molecule has 0 spiro atoms. The highest BCUT2D eigenvalue weighted by atomic mass is 32.2. The van der Waals surface area contributed by atoms with E-state index in [1.807, 2.05) is 23.1 Å². The molecule has 0 bridgehead atoms. The molecule has 1 aliphatic rings. The Balaban J connectivity index is 1.79. The van der Waals surface area contributed by atoms with E-state index in [2.05, 4.69) is 22.8 Å². The van der Waals surface area contributed by atoms with Crippen LogP contribution in [0.25, 0.3) is 0 Å². The van der Waals surface area contributed by atoms with Crippen molar-refractivity contribution in [2.75, 3.05) is 13.1 Å². The largest absolute Gasteiger partial charge is 0.335 e. The fourth-order valence-corrected chi connectivity index (χ4v) is 4.36. The van der Waals surface area contributed by atoms with Crippen LogP contribution in [0.3, 0.4) is 0 Å². The fourth-order valence-electron chi connectivity index (χ4n) is 3.38. The molecule has 0 radical (unpaired) electrons. The molecule has 1 unspecified atom stereocenters. The van der Waals surface area contributed by atoms with E-state index in [9.17, 15) is 13.2 Å². The van der Waals surface area contributed by atoms with E-state index in [0.29, 0.717) is 12.1 Å². The van der Waals surface area contributed by atoms with Crippen LogP contribution in [0.2, 0.25) is 0 Å². The third-order valence-corrected chi connectivity index (χ3v) is 6.11. The van der Waals surface area contributed by atoms with Crippen molar-refractivity contribution in [2.45, 2.75) is 30.2 Å².